The van der Waals surface area contributed by atoms with Crippen molar-refractivity contribution in [2.24, 2.45) is 11.7 Å². The maximum absolute atomic E-state index is 12.0. The maximum Gasteiger partial charge on any atom is 0.224 e. The predicted molar refractivity (Wildman–Crippen MR) is 91.8 cm³/mol. The van der Waals surface area contributed by atoms with Gasteiger partial charge in [0.25, 0.3) is 0 Å². The van der Waals surface area contributed by atoms with E-state index in [0.29, 0.717) is 18.9 Å². The van der Waals surface area contributed by atoms with Gasteiger partial charge in [0.1, 0.15) is 0 Å². The van der Waals surface area contributed by atoms with Gasteiger partial charge in [-0.05, 0) is 69.3 Å². The molecule has 0 bridgehead atoms. The highest BCUT2D eigenvalue weighted by atomic mass is 79.9. The van der Waals surface area contributed by atoms with Crippen LogP contribution in [0.4, 0.5) is 5.69 Å². The van der Waals surface area contributed by atoms with E-state index in [-0.39, 0.29) is 5.91 Å². The summed E-state index contributed by atoms with van der Waals surface area (Å²) < 4.78 is 1.76. The van der Waals surface area contributed by atoms with Crippen molar-refractivity contribution in [3.8, 4) is 0 Å². The summed E-state index contributed by atoms with van der Waals surface area (Å²) in [5.41, 5.74) is 6.41. The Balaban J connectivity index is 2.51. The molecule has 112 valence electrons. The first-order valence-corrected chi connectivity index (χ1v) is 8.61. The van der Waals surface area contributed by atoms with Gasteiger partial charge < -0.3 is 11.1 Å². The number of benzene rings is 1. The molecule has 0 aliphatic rings. The molecule has 0 aromatic heterocycles. The van der Waals surface area contributed by atoms with Gasteiger partial charge in [0, 0.05) is 15.4 Å². The highest BCUT2D eigenvalue weighted by molar-refractivity contribution is 9.11. The zero-order valence-electron chi connectivity index (χ0n) is 11.8. The minimum atomic E-state index is 0.0516. The Kier molecular flexibility index (Phi) is 8.41. The van der Waals surface area contributed by atoms with Crippen LogP contribution in [0.25, 0.3) is 0 Å². The number of anilines is 1. The van der Waals surface area contributed by atoms with Gasteiger partial charge in [-0.15, -0.1) is 0 Å². The van der Waals surface area contributed by atoms with Crippen molar-refractivity contribution in [2.75, 3.05) is 11.9 Å². The molecule has 1 rings (SSSR count). The third kappa shape index (κ3) is 5.94. The van der Waals surface area contributed by atoms with Crippen LogP contribution in [-0.2, 0) is 4.79 Å². The number of nitrogens with one attached hydrogen (secondary N) is 1. The molecule has 0 saturated heterocycles. The third-order valence-electron chi connectivity index (χ3n) is 3.28. The molecule has 1 amide bonds. The van der Waals surface area contributed by atoms with Crippen LogP contribution in [0.2, 0.25) is 0 Å². The monoisotopic (exact) mass is 404 g/mol. The fourth-order valence-electron chi connectivity index (χ4n) is 2.23. The van der Waals surface area contributed by atoms with E-state index in [9.17, 15) is 4.79 Å². The second-order valence-corrected chi connectivity index (χ2v) is 6.62. The standard InChI is InChI=1S/C15H22Br2N2O/c1-2-4-11(9-10-18)7-8-14(20)19-15-12(16)5-3-6-13(15)17/h3,5-6,11H,2,4,7-10,18H2,1H3,(H,19,20). The van der Waals surface area contributed by atoms with Gasteiger partial charge in [-0.3, -0.25) is 4.79 Å². The van der Waals surface area contributed by atoms with Crippen molar-refractivity contribution in [1.29, 1.82) is 0 Å². The van der Waals surface area contributed by atoms with Crippen LogP contribution >= 0.6 is 31.9 Å². The third-order valence-corrected chi connectivity index (χ3v) is 4.60. The lowest BCUT2D eigenvalue weighted by molar-refractivity contribution is -0.116. The molecule has 3 N–H and O–H groups in total. The maximum atomic E-state index is 12.0. The number of carbonyl (C=O) groups excluding carboxylic acids is 1. The van der Waals surface area contributed by atoms with Gasteiger partial charge in [-0.25, -0.2) is 0 Å². The van der Waals surface area contributed by atoms with Crippen LogP contribution in [-0.4, -0.2) is 12.5 Å². The second kappa shape index (κ2) is 9.53. The molecule has 5 heteroatoms. The molecule has 1 aromatic rings. The summed E-state index contributed by atoms with van der Waals surface area (Å²) in [7, 11) is 0. The topological polar surface area (TPSA) is 55.1 Å². The summed E-state index contributed by atoms with van der Waals surface area (Å²) in [6.07, 6.45) is 4.72. The van der Waals surface area contributed by atoms with E-state index in [1.165, 1.54) is 0 Å². The van der Waals surface area contributed by atoms with Gasteiger partial charge in [0.2, 0.25) is 5.91 Å². The van der Waals surface area contributed by atoms with E-state index in [1.807, 2.05) is 18.2 Å². The molecule has 20 heavy (non-hydrogen) atoms. The molecule has 3 nitrogen and oxygen atoms in total. The summed E-state index contributed by atoms with van der Waals surface area (Å²) in [4.78, 5) is 12.0. The predicted octanol–water partition coefficient (Wildman–Crippen LogP) is 4.70. The van der Waals surface area contributed by atoms with Crippen LogP contribution in [0.5, 0.6) is 0 Å². The van der Waals surface area contributed by atoms with Crippen LogP contribution in [0.3, 0.4) is 0 Å². The number of rotatable bonds is 8. The lowest BCUT2D eigenvalue weighted by atomic mass is 9.94. The van der Waals surface area contributed by atoms with E-state index in [1.54, 1.807) is 0 Å². The fraction of sp³-hybridized carbons (Fsp3) is 0.533. The minimum absolute atomic E-state index is 0.0516. The summed E-state index contributed by atoms with van der Waals surface area (Å²) in [6, 6.07) is 5.74. The molecular formula is C15H22Br2N2O. The Bertz CT molecular complexity index is 412. The molecule has 1 aromatic carbocycles. The Morgan fingerprint density at radius 2 is 1.90 bits per heavy atom. The molecule has 0 aliphatic heterocycles. The highest BCUT2D eigenvalue weighted by Gasteiger charge is 2.12. The van der Waals surface area contributed by atoms with Gasteiger partial charge in [0.05, 0.1) is 5.69 Å². The van der Waals surface area contributed by atoms with E-state index < -0.39 is 0 Å². The average molecular weight is 406 g/mol. The first-order valence-electron chi connectivity index (χ1n) is 7.02. The molecule has 0 heterocycles. The zero-order valence-corrected chi connectivity index (χ0v) is 15.0. The lowest BCUT2D eigenvalue weighted by Crippen LogP contribution is -2.15. The molecule has 1 unspecified atom stereocenters. The van der Waals surface area contributed by atoms with Crippen molar-refractivity contribution in [3.05, 3.63) is 27.1 Å². The first-order chi connectivity index (χ1) is 9.58. The van der Waals surface area contributed by atoms with E-state index in [4.69, 9.17) is 5.73 Å². The second-order valence-electron chi connectivity index (χ2n) is 4.92. The summed E-state index contributed by atoms with van der Waals surface area (Å²) in [5, 5.41) is 2.95. The number of amides is 1. The van der Waals surface area contributed by atoms with E-state index >= 15 is 0 Å². The average Bonchev–Trinajstić information content (AvgIpc) is 2.41. The summed E-state index contributed by atoms with van der Waals surface area (Å²) >= 11 is 6.89. The molecule has 0 spiro atoms. The van der Waals surface area contributed by atoms with E-state index in [2.05, 4.69) is 44.1 Å². The molecule has 0 saturated carbocycles. The Labute approximate surface area is 138 Å². The Morgan fingerprint density at radius 1 is 1.25 bits per heavy atom. The number of carbonyl (C=O) groups is 1. The van der Waals surface area contributed by atoms with Crippen LogP contribution in [0, 0.1) is 5.92 Å². The quantitative estimate of drug-likeness (QED) is 0.658. The van der Waals surface area contributed by atoms with Crippen LogP contribution < -0.4 is 11.1 Å². The Morgan fingerprint density at radius 3 is 2.45 bits per heavy atom. The normalized spacial score (nSPS) is 12.2. The summed E-state index contributed by atoms with van der Waals surface area (Å²) in [5.74, 6) is 0.606. The summed E-state index contributed by atoms with van der Waals surface area (Å²) in [6.45, 7) is 2.86. The molecule has 1 atom stereocenters. The number of halogens is 2. The van der Waals surface area contributed by atoms with Crippen molar-refractivity contribution in [3.63, 3.8) is 0 Å². The first kappa shape index (κ1) is 17.7. The largest absolute Gasteiger partial charge is 0.330 e. The molecule has 0 fully saturated rings. The van der Waals surface area contributed by atoms with Gasteiger partial charge in [-0.2, -0.15) is 0 Å². The minimum Gasteiger partial charge on any atom is -0.330 e. The lowest BCUT2D eigenvalue weighted by Gasteiger charge is -2.15. The van der Waals surface area contributed by atoms with Crippen molar-refractivity contribution >= 4 is 43.5 Å². The van der Waals surface area contributed by atoms with Crippen LogP contribution in [0.1, 0.15) is 39.0 Å². The van der Waals surface area contributed by atoms with Gasteiger partial charge in [-0.1, -0.05) is 25.8 Å². The van der Waals surface area contributed by atoms with Crippen molar-refractivity contribution < 1.29 is 4.79 Å². The SMILES string of the molecule is CCCC(CCN)CCC(=O)Nc1c(Br)cccc1Br. The van der Waals surface area contributed by atoms with Crippen LogP contribution in [0.15, 0.2) is 27.1 Å². The molecular weight excluding hydrogens is 384 g/mol. The number of hydrogen-bond donors (Lipinski definition) is 2. The van der Waals surface area contributed by atoms with Gasteiger partial charge >= 0.3 is 0 Å². The molecule has 0 aliphatic carbocycles. The Hall–Kier alpha value is -0.390. The fourth-order valence-corrected chi connectivity index (χ4v) is 3.43. The van der Waals surface area contributed by atoms with Gasteiger partial charge in [0.15, 0.2) is 0 Å². The zero-order chi connectivity index (χ0) is 15.0. The van der Waals surface area contributed by atoms with E-state index in [0.717, 1.165) is 40.3 Å². The van der Waals surface area contributed by atoms with Crippen molar-refractivity contribution in [1.82, 2.24) is 0 Å². The van der Waals surface area contributed by atoms with Crippen molar-refractivity contribution in [2.45, 2.75) is 39.0 Å². The number of para-hydroxylation sites is 1. The highest BCUT2D eigenvalue weighted by Crippen LogP contribution is 2.30. The smallest absolute Gasteiger partial charge is 0.224 e. The molecule has 0 radical (unpaired) electrons. The number of nitrogens with two attached hydrogens (primary N) is 1. The number of hydrogen-bond acceptors (Lipinski definition) is 2.